The number of unbranched alkanes of at least 4 members (excludes halogenated alkanes) is 32. The molecule has 0 radical (unpaired) electrons. The highest BCUT2D eigenvalue weighted by Crippen LogP contribution is 2.43. The summed E-state index contributed by atoms with van der Waals surface area (Å²) in [6, 6.07) is 0. The van der Waals surface area contributed by atoms with Crippen molar-refractivity contribution in [2.24, 2.45) is 0 Å². The van der Waals surface area contributed by atoms with E-state index in [9.17, 15) is 19.0 Å². The highest BCUT2D eigenvalue weighted by atomic mass is 31.2. The molecule has 538 valence electrons. The number of likely N-dealkylation sites (N-methyl/N-ethyl adjacent to an activating group) is 1. The van der Waals surface area contributed by atoms with Crippen molar-refractivity contribution in [3.8, 4) is 0 Å². The first-order chi connectivity index (χ1) is 46.0. The summed E-state index contributed by atoms with van der Waals surface area (Å²) in [6.45, 7) is 4.33. The molecule has 0 aliphatic heterocycles. The van der Waals surface area contributed by atoms with E-state index >= 15 is 0 Å². The van der Waals surface area contributed by atoms with Gasteiger partial charge in [-0.3, -0.25) is 18.6 Å². The molecule has 9 nitrogen and oxygen atoms in total. The van der Waals surface area contributed by atoms with Gasteiger partial charge >= 0.3 is 19.8 Å². The average molecular weight is 1330 g/mol. The van der Waals surface area contributed by atoms with Crippen LogP contribution >= 0.6 is 7.82 Å². The predicted molar refractivity (Wildman–Crippen MR) is 408 cm³/mol. The molecule has 2 unspecified atom stereocenters. The number of esters is 2. The maximum Gasteiger partial charge on any atom is 0.472 e. The second kappa shape index (κ2) is 73.1. The first-order valence-corrected chi connectivity index (χ1v) is 40.1. The fourth-order valence-corrected chi connectivity index (χ4v) is 11.2. The third-order valence-corrected chi connectivity index (χ3v) is 17.3. The van der Waals surface area contributed by atoms with Crippen molar-refractivity contribution < 1.29 is 42.1 Å². The molecule has 0 aromatic rings. The lowest BCUT2D eigenvalue weighted by Gasteiger charge is -2.24. The van der Waals surface area contributed by atoms with Gasteiger partial charge in [-0.05, 0) is 122 Å². The molecule has 0 amide bonds. The quantitative estimate of drug-likeness (QED) is 0.0211. The first-order valence-electron chi connectivity index (χ1n) is 38.6. The summed E-state index contributed by atoms with van der Waals surface area (Å²) < 4.78 is 34.8. The van der Waals surface area contributed by atoms with E-state index < -0.39 is 26.5 Å². The van der Waals surface area contributed by atoms with E-state index in [1.54, 1.807) is 0 Å². The Balaban J connectivity index is 4.05. The van der Waals surface area contributed by atoms with Crippen molar-refractivity contribution >= 4 is 19.8 Å². The largest absolute Gasteiger partial charge is 0.472 e. The number of carbonyl (C=O) groups is 2. The number of phosphoric ester groups is 1. The lowest BCUT2D eigenvalue weighted by Crippen LogP contribution is -2.37. The Morgan fingerprint density at radius 3 is 0.904 bits per heavy atom. The van der Waals surface area contributed by atoms with Crippen LogP contribution < -0.4 is 0 Å². The fraction of sp³-hybridized carbons (Fsp3) is 0.690. The van der Waals surface area contributed by atoms with E-state index in [-0.39, 0.29) is 32.0 Å². The van der Waals surface area contributed by atoms with Gasteiger partial charge in [-0.25, -0.2) is 4.57 Å². The predicted octanol–water partition coefficient (Wildman–Crippen LogP) is 25.7. The fourth-order valence-electron chi connectivity index (χ4n) is 10.5. The smallest absolute Gasteiger partial charge is 0.462 e. The maximum atomic E-state index is 12.9. The Hall–Kier alpha value is -4.11. The minimum absolute atomic E-state index is 0.0258. The number of ether oxygens (including phenoxy) is 2. The second-order valence-corrected chi connectivity index (χ2v) is 28.1. The van der Waals surface area contributed by atoms with Crippen LogP contribution in [0.15, 0.2) is 146 Å². The lowest BCUT2D eigenvalue weighted by atomic mass is 10.0. The van der Waals surface area contributed by atoms with Gasteiger partial charge in [0.15, 0.2) is 6.10 Å². The minimum Gasteiger partial charge on any atom is -0.462 e. The van der Waals surface area contributed by atoms with Gasteiger partial charge in [0.25, 0.3) is 0 Å². The number of allylic oxidation sites excluding steroid dienone is 24. The van der Waals surface area contributed by atoms with Crippen molar-refractivity contribution in [3.05, 3.63) is 146 Å². The molecular formula is C84H145NO8P+. The standard InChI is InChI=1S/C84H144NO8P/c1-6-8-10-12-14-16-18-20-22-24-26-28-30-32-34-36-37-38-39-40-41-42-43-44-45-46-47-49-51-53-55-57-59-61-63-65-67-69-71-73-75-77-84(87)93-82(81-92-94(88,89)91-79-78-85(3,4)5)80-90-83(86)76-74-72-70-68-66-64-62-60-58-56-54-52-50-48-35-33-31-29-27-25-23-21-19-17-15-13-11-9-7-2/h8,10,14,16,19-22,25-28,32,34,37-38,40-41,43-44,46-47,51,53,82H,6-7,9,11-13,15,17-18,23-24,29-31,33,35-36,39,42,45,48-50,52,54-81H2,1-5H3/p+1/b10-8-,16-14-,21-19-,22-20-,27-25-,28-26-,34-32-,38-37-,41-40-,44-43-,47-46-,53-51-. The van der Waals surface area contributed by atoms with Crippen LogP contribution in [0.4, 0.5) is 0 Å². The number of hydrogen-bond donors (Lipinski definition) is 1. The molecule has 0 aliphatic rings. The van der Waals surface area contributed by atoms with Crippen molar-refractivity contribution in [3.63, 3.8) is 0 Å². The van der Waals surface area contributed by atoms with Crippen LogP contribution in [0.1, 0.15) is 322 Å². The van der Waals surface area contributed by atoms with Crippen molar-refractivity contribution in [2.45, 2.75) is 328 Å². The average Bonchev–Trinajstić information content (AvgIpc) is 1.57. The van der Waals surface area contributed by atoms with Crippen LogP contribution in [-0.4, -0.2) is 74.9 Å². The molecule has 0 aromatic carbocycles. The molecule has 0 aromatic heterocycles. The van der Waals surface area contributed by atoms with E-state index in [0.29, 0.717) is 17.4 Å². The number of rotatable bonds is 70. The maximum absolute atomic E-state index is 12.9. The van der Waals surface area contributed by atoms with Gasteiger partial charge in [-0.2, -0.15) is 0 Å². The zero-order valence-electron chi connectivity index (χ0n) is 61.4. The third-order valence-electron chi connectivity index (χ3n) is 16.4. The summed E-state index contributed by atoms with van der Waals surface area (Å²) in [5.74, 6) is -0.799. The van der Waals surface area contributed by atoms with Crippen molar-refractivity contribution in [2.75, 3.05) is 47.5 Å². The zero-order chi connectivity index (χ0) is 68.3. The molecule has 2 atom stereocenters. The van der Waals surface area contributed by atoms with Crippen LogP contribution in [0.25, 0.3) is 0 Å². The van der Waals surface area contributed by atoms with E-state index in [1.807, 2.05) is 21.1 Å². The summed E-state index contributed by atoms with van der Waals surface area (Å²) in [7, 11) is 1.47. The van der Waals surface area contributed by atoms with Gasteiger partial charge in [-0.1, -0.05) is 333 Å². The van der Waals surface area contributed by atoms with E-state index in [1.165, 1.54) is 173 Å². The number of quaternary nitrogens is 1. The Kier molecular flexibility index (Phi) is 69.9. The second-order valence-electron chi connectivity index (χ2n) is 26.7. The van der Waals surface area contributed by atoms with Gasteiger partial charge in [0.2, 0.25) is 0 Å². The molecule has 0 spiro atoms. The molecule has 0 aliphatic carbocycles. The monoisotopic (exact) mass is 1330 g/mol. The summed E-state index contributed by atoms with van der Waals surface area (Å²) in [5.41, 5.74) is 0. The number of phosphoric acid groups is 1. The lowest BCUT2D eigenvalue weighted by molar-refractivity contribution is -0.870. The minimum atomic E-state index is -4.40. The van der Waals surface area contributed by atoms with Gasteiger partial charge in [0, 0.05) is 12.8 Å². The van der Waals surface area contributed by atoms with Gasteiger partial charge in [-0.15, -0.1) is 0 Å². The van der Waals surface area contributed by atoms with Crippen LogP contribution in [0.3, 0.4) is 0 Å². The highest BCUT2D eigenvalue weighted by Gasteiger charge is 2.27. The van der Waals surface area contributed by atoms with Crippen LogP contribution in [0.5, 0.6) is 0 Å². The highest BCUT2D eigenvalue weighted by molar-refractivity contribution is 7.47. The molecule has 1 N–H and O–H groups in total. The Labute approximate surface area is 580 Å². The number of carbonyl (C=O) groups excluding carboxylic acids is 2. The van der Waals surface area contributed by atoms with Crippen LogP contribution in [0.2, 0.25) is 0 Å². The number of nitrogens with zero attached hydrogens (tertiary/aromatic N) is 1. The van der Waals surface area contributed by atoms with Gasteiger partial charge in [0.05, 0.1) is 27.7 Å². The summed E-state index contributed by atoms with van der Waals surface area (Å²) in [6.07, 6.45) is 108. The molecule has 94 heavy (non-hydrogen) atoms. The number of hydrogen-bond acceptors (Lipinski definition) is 7. The normalized spacial score (nSPS) is 13.9. The molecule has 10 heteroatoms. The van der Waals surface area contributed by atoms with Crippen LogP contribution in [0, 0.1) is 0 Å². The van der Waals surface area contributed by atoms with Crippen molar-refractivity contribution in [1.82, 2.24) is 0 Å². The SMILES string of the molecule is CC/C=C\C/C=C\C/C=C\C/C=C\C/C=C\C/C=C\C/C=C\C/C=C\C/C=C\C/C=C\CCCCCCCCCCCCC(=O)OC(COC(=O)CCCCCCCCCCCCCCCCCCC/C=C\C/C=C\CCCCCCC)COP(=O)(O)OCC[N+](C)(C)C. The third kappa shape index (κ3) is 76.9. The van der Waals surface area contributed by atoms with Crippen molar-refractivity contribution in [1.29, 1.82) is 0 Å². The van der Waals surface area contributed by atoms with Gasteiger partial charge in [0.1, 0.15) is 19.8 Å². The van der Waals surface area contributed by atoms with E-state index in [0.717, 1.165) is 116 Å². The topological polar surface area (TPSA) is 108 Å². The molecule has 0 saturated heterocycles. The zero-order valence-corrected chi connectivity index (χ0v) is 62.3. The van der Waals surface area contributed by atoms with E-state index in [4.69, 9.17) is 18.5 Å². The van der Waals surface area contributed by atoms with E-state index in [2.05, 4.69) is 160 Å². The first kappa shape index (κ1) is 89.9. The summed E-state index contributed by atoms with van der Waals surface area (Å²) in [4.78, 5) is 36.0. The molecule has 0 fully saturated rings. The van der Waals surface area contributed by atoms with Crippen LogP contribution in [-0.2, 0) is 32.7 Å². The Bertz CT molecular complexity index is 2100. The molecule has 0 heterocycles. The Morgan fingerprint density at radius 2 is 0.606 bits per heavy atom. The molecule has 0 rings (SSSR count). The molecular weight excluding hydrogens is 1180 g/mol. The summed E-state index contributed by atoms with van der Waals surface area (Å²) >= 11 is 0. The molecule has 0 bridgehead atoms. The Morgan fingerprint density at radius 1 is 0.340 bits per heavy atom. The molecule has 0 saturated carbocycles. The van der Waals surface area contributed by atoms with Gasteiger partial charge < -0.3 is 18.9 Å². The summed E-state index contributed by atoms with van der Waals surface area (Å²) in [5, 5.41) is 0.